The lowest BCUT2D eigenvalue weighted by Crippen LogP contribution is -2.40. The lowest BCUT2D eigenvalue weighted by molar-refractivity contribution is 0.0636. The van der Waals surface area contributed by atoms with Gasteiger partial charge in [-0.15, -0.1) is 0 Å². The fourth-order valence-electron chi connectivity index (χ4n) is 1.35. The highest BCUT2D eigenvalue weighted by molar-refractivity contribution is 4.71. The van der Waals surface area contributed by atoms with Crippen LogP contribution in [0.15, 0.2) is 0 Å². The fourth-order valence-corrected chi connectivity index (χ4v) is 1.35. The van der Waals surface area contributed by atoms with Gasteiger partial charge in [-0.1, -0.05) is 6.92 Å². The number of aliphatic hydroxyl groups excluding tert-OH is 1. The third-order valence-corrected chi connectivity index (χ3v) is 2.27. The number of nitrogens with one attached hydrogen (secondary N) is 1. The van der Waals surface area contributed by atoms with Gasteiger partial charge in [-0.3, -0.25) is 0 Å². The van der Waals surface area contributed by atoms with Gasteiger partial charge in [0.1, 0.15) is 0 Å². The second-order valence-corrected chi connectivity index (χ2v) is 3.38. The van der Waals surface area contributed by atoms with Crippen LogP contribution in [0.1, 0.15) is 26.2 Å². The molecule has 1 heterocycles. The zero-order valence-electron chi connectivity index (χ0n) is 7.75. The summed E-state index contributed by atoms with van der Waals surface area (Å²) in [7, 11) is 0. The molecule has 2 unspecified atom stereocenters. The quantitative estimate of drug-likeness (QED) is 0.651. The molecule has 0 aromatic heterocycles. The predicted octanol–water partition coefficient (Wildman–Crippen LogP) is 0.526. The van der Waals surface area contributed by atoms with Crippen LogP contribution < -0.4 is 5.32 Å². The maximum absolute atomic E-state index is 9.29. The zero-order chi connectivity index (χ0) is 8.81. The minimum atomic E-state index is -0.202. The van der Waals surface area contributed by atoms with Gasteiger partial charge >= 0.3 is 0 Å². The van der Waals surface area contributed by atoms with E-state index in [0.717, 1.165) is 26.1 Å². The summed E-state index contributed by atoms with van der Waals surface area (Å²) in [5, 5.41) is 12.6. The third-order valence-electron chi connectivity index (χ3n) is 2.27. The van der Waals surface area contributed by atoms with Gasteiger partial charge in [0, 0.05) is 19.2 Å². The number of aliphatic hydroxyl groups is 1. The molecule has 0 spiro atoms. The second-order valence-electron chi connectivity index (χ2n) is 3.38. The SMILES string of the molecule is CCC(O)CNC1CCCOC1. The molecule has 1 aliphatic heterocycles. The molecule has 2 N–H and O–H groups in total. The highest BCUT2D eigenvalue weighted by Crippen LogP contribution is 2.05. The Balaban J connectivity index is 2.05. The molecule has 0 aliphatic carbocycles. The first-order valence-corrected chi connectivity index (χ1v) is 4.82. The summed E-state index contributed by atoms with van der Waals surface area (Å²) in [6.45, 7) is 4.39. The predicted molar refractivity (Wildman–Crippen MR) is 48.1 cm³/mol. The first-order chi connectivity index (χ1) is 5.83. The molecule has 3 heteroatoms. The maximum atomic E-state index is 9.29. The number of hydrogen-bond donors (Lipinski definition) is 2. The molecule has 12 heavy (non-hydrogen) atoms. The van der Waals surface area contributed by atoms with Crippen molar-refractivity contribution >= 4 is 0 Å². The van der Waals surface area contributed by atoms with E-state index in [-0.39, 0.29) is 6.10 Å². The van der Waals surface area contributed by atoms with Gasteiger partial charge in [-0.25, -0.2) is 0 Å². The van der Waals surface area contributed by atoms with Gasteiger partial charge in [-0.05, 0) is 19.3 Å². The molecule has 1 rings (SSSR count). The molecule has 1 aliphatic rings. The highest BCUT2D eigenvalue weighted by Gasteiger charge is 2.13. The fraction of sp³-hybridized carbons (Fsp3) is 1.00. The lowest BCUT2D eigenvalue weighted by atomic mass is 10.1. The van der Waals surface area contributed by atoms with Crippen molar-refractivity contribution in [3.05, 3.63) is 0 Å². The Bertz CT molecular complexity index is 113. The number of hydrogen-bond acceptors (Lipinski definition) is 3. The van der Waals surface area contributed by atoms with Crippen LogP contribution in [0, 0.1) is 0 Å². The van der Waals surface area contributed by atoms with Crippen molar-refractivity contribution < 1.29 is 9.84 Å². The van der Waals surface area contributed by atoms with Crippen LogP contribution in [0.25, 0.3) is 0 Å². The van der Waals surface area contributed by atoms with Crippen molar-refractivity contribution in [2.24, 2.45) is 0 Å². The number of ether oxygens (including phenoxy) is 1. The second kappa shape index (κ2) is 5.51. The van der Waals surface area contributed by atoms with Crippen LogP contribution in [0.4, 0.5) is 0 Å². The molecule has 0 radical (unpaired) electrons. The van der Waals surface area contributed by atoms with E-state index in [2.05, 4.69) is 5.32 Å². The van der Waals surface area contributed by atoms with Crippen LogP contribution >= 0.6 is 0 Å². The molecule has 1 saturated heterocycles. The van der Waals surface area contributed by atoms with Crippen molar-refractivity contribution in [3.8, 4) is 0 Å². The van der Waals surface area contributed by atoms with Crippen molar-refractivity contribution in [3.63, 3.8) is 0 Å². The van der Waals surface area contributed by atoms with Gasteiger partial charge in [-0.2, -0.15) is 0 Å². The molecule has 0 aromatic rings. The van der Waals surface area contributed by atoms with E-state index in [1.807, 2.05) is 6.92 Å². The van der Waals surface area contributed by atoms with Crippen LogP contribution in [-0.2, 0) is 4.74 Å². The van der Waals surface area contributed by atoms with E-state index in [1.54, 1.807) is 0 Å². The zero-order valence-corrected chi connectivity index (χ0v) is 7.75. The van der Waals surface area contributed by atoms with Gasteiger partial charge in [0.2, 0.25) is 0 Å². The van der Waals surface area contributed by atoms with Crippen LogP contribution in [-0.4, -0.2) is 37.0 Å². The highest BCUT2D eigenvalue weighted by atomic mass is 16.5. The van der Waals surface area contributed by atoms with Crippen LogP contribution in [0.2, 0.25) is 0 Å². The normalized spacial score (nSPS) is 27.0. The molecule has 2 atom stereocenters. The molecule has 0 saturated carbocycles. The summed E-state index contributed by atoms with van der Waals surface area (Å²) in [6, 6.07) is 0.458. The van der Waals surface area contributed by atoms with Gasteiger partial charge in [0.15, 0.2) is 0 Å². The topological polar surface area (TPSA) is 41.5 Å². The monoisotopic (exact) mass is 173 g/mol. The first-order valence-electron chi connectivity index (χ1n) is 4.82. The molecule has 0 aromatic carbocycles. The summed E-state index contributed by atoms with van der Waals surface area (Å²) in [6.07, 6.45) is 2.93. The summed E-state index contributed by atoms with van der Waals surface area (Å²) in [5.74, 6) is 0. The first kappa shape index (κ1) is 9.96. The van der Waals surface area contributed by atoms with E-state index < -0.39 is 0 Å². The van der Waals surface area contributed by atoms with Gasteiger partial charge < -0.3 is 15.2 Å². The summed E-state index contributed by atoms with van der Waals surface area (Å²) in [5.41, 5.74) is 0. The van der Waals surface area contributed by atoms with Crippen molar-refractivity contribution in [1.29, 1.82) is 0 Å². The van der Waals surface area contributed by atoms with E-state index in [4.69, 9.17) is 4.74 Å². The van der Waals surface area contributed by atoms with Crippen LogP contribution in [0.3, 0.4) is 0 Å². The Morgan fingerprint density at radius 2 is 2.50 bits per heavy atom. The Kier molecular flexibility index (Phi) is 4.58. The minimum absolute atomic E-state index is 0.202. The Morgan fingerprint density at radius 3 is 3.08 bits per heavy atom. The summed E-state index contributed by atoms with van der Waals surface area (Å²) in [4.78, 5) is 0. The molecule has 3 nitrogen and oxygen atoms in total. The van der Waals surface area contributed by atoms with Crippen molar-refractivity contribution in [2.45, 2.75) is 38.3 Å². The van der Waals surface area contributed by atoms with Crippen LogP contribution in [0.5, 0.6) is 0 Å². The molecular weight excluding hydrogens is 154 g/mol. The summed E-state index contributed by atoms with van der Waals surface area (Å²) < 4.78 is 5.30. The van der Waals surface area contributed by atoms with E-state index in [1.165, 1.54) is 6.42 Å². The molecule has 0 bridgehead atoms. The molecule has 72 valence electrons. The number of rotatable bonds is 4. The van der Waals surface area contributed by atoms with Gasteiger partial charge in [0.25, 0.3) is 0 Å². The van der Waals surface area contributed by atoms with E-state index >= 15 is 0 Å². The lowest BCUT2D eigenvalue weighted by Gasteiger charge is -2.24. The third kappa shape index (κ3) is 3.52. The van der Waals surface area contributed by atoms with Crippen molar-refractivity contribution in [2.75, 3.05) is 19.8 Å². The Morgan fingerprint density at radius 1 is 1.67 bits per heavy atom. The average Bonchev–Trinajstić information content (AvgIpc) is 2.16. The van der Waals surface area contributed by atoms with Gasteiger partial charge in [0.05, 0.1) is 12.7 Å². The van der Waals surface area contributed by atoms with Crippen molar-refractivity contribution in [1.82, 2.24) is 5.32 Å². The minimum Gasteiger partial charge on any atom is -0.392 e. The smallest absolute Gasteiger partial charge is 0.0662 e. The standard InChI is InChI=1S/C9H19NO2/c1-2-9(11)6-10-8-4-3-5-12-7-8/h8-11H,2-7H2,1H3. The maximum Gasteiger partial charge on any atom is 0.0662 e. The molecular formula is C9H19NO2. The largest absolute Gasteiger partial charge is 0.392 e. The van der Waals surface area contributed by atoms with E-state index in [9.17, 15) is 5.11 Å². The average molecular weight is 173 g/mol. The summed E-state index contributed by atoms with van der Waals surface area (Å²) >= 11 is 0. The molecule has 0 amide bonds. The Labute approximate surface area is 74.1 Å². The Hall–Kier alpha value is -0.120. The molecule has 1 fully saturated rings. The van der Waals surface area contributed by atoms with E-state index in [0.29, 0.717) is 12.6 Å².